The van der Waals surface area contributed by atoms with Gasteiger partial charge in [-0.2, -0.15) is 0 Å². The lowest BCUT2D eigenvalue weighted by Gasteiger charge is -2.23. The lowest BCUT2D eigenvalue weighted by atomic mass is 10.2. The Balaban J connectivity index is 1.81. The van der Waals surface area contributed by atoms with Gasteiger partial charge in [0.2, 0.25) is 11.8 Å². The van der Waals surface area contributed by atoms with Crippen LogP contribution in [0.3, 0.4) is 0 Å². The van der Waals surface area contributed by atoms with E-state index in [0.29, 0.717) is 23.1 Å². The summed E-state index contributed by atoms with van der Waals surface area (Å²) in [5.41, 5.74) is 7.66. The molecule has 0 radical (unpaired) electrons. The highest BCUT2D eigenvalue weighted by Crippen LogP contribution is 2.39. The van der Waals surface area contributed by atoms with Gasteiger partial charge in [-0.1, -0.05) is 36.4 Å². The molecule has 0 fully saturated rings. The summed E-state index contributed by atoms with van der Waals surface area (Å²) in [4.78, 5) is 5.87. The fraction of sp³-hybridized carbons (Fsp3) is 0.0870. The molecule has 146 valence electrons. The molecule has 6 nitrogen and oxygen atoms in total. The van der Waals surface area contributed by atoms with Crippen LogP contribution < -0.4 is 20.1 Å². The topological polar surface area (TPSA) is 73.2 Å². The van der Waals surface area contributed by atoms with Gasteiger partial charge in [0.15, 0.2) is 0 Å². The summed E-state index contributed by atoms with van der Waals surface area (Å²) in [6.07, 6.45) is 0. The third-order valence-corrected chi connectivity index (χ3v) is 4.46. The Kier molecular flexibility index (Phi) is 5.07. The van der Waals surface area contributed by atoms with Crippen LogP contribution in [0.4, 0.5) is 11.6 Å². The predicted octanol–water partition coefficient (Wildman–Crippen LogP) is 5.32. The first-order valence-corrected chi connectivity index (χ1v) is 9.11. The van der Waals surface area contributed by atoms with Gasteiger partial charge in [0.05, 0.1) is 12.8 Å². The maximum atomic E-state index is 6.25. The van der Waals surface area contributed by atoms with E-state index in [-0.39, 0.29) is 5.96 Å². The van der Waals surface area contributed by atoms with Crippen molar-refractivity contribution >= 4 is 28.5 Å². The zero-order valence-corrected chi connectivity index (χ0v) is 16.2. The number of furan rings is 1. The summed E-state index contributed by atoms with van der Waals surface area (Å²) in [5.74, 6) is 2.77. The zero-order chi connectivity index (χ0) is 20.2. The summed E-state index contributed by atoms with van der Waals surface area (Å²) in [5, 5.41) is 0.965. The Morgan fingerprint density at radius 1 is 0.931 bits per heavy atom. The quantitative estimate of drug-likeness (QED) is 0.371. The SMILES string of the molecule is CN=C(N)N(c1cc2ccccc2o1)c1cc(Oc2ccccc2)ccc1OC. The third kappa shape index (κ3) is 3.73. The smallest absolute Gasteiger partial charge is 0.208 e. The Bertz CT molecular complexity index is 1120. The second-order valence-corrected chi connectivity index (χ2v) is 6.29. The Morgan fingerprint density at radius 3 is 2.41 bits per heavy atom. The molecule has 4 aromatic rings. The van der Waals surface area contributed by atoms with Crippen molar-refractivity contribution in [2.75, 3.05) is 19.1 Å². The number of guanidine groups is 1. The van der Waals surface area contributed by atoms with Crippen molar-refractivity contribution in [3.05, 3.63) is 78.9 Å². The van der Waals surface area contributed by atoms with Gasteiger partial charge in [0.25, 0.3) is 0 Å². The highest BCUT2D eigenvalue weighted by Gasteiger charge is 2.22. The van der Waals surface area contributed by atoms with Crippen molar-refractivity contribution in [2.24, 2.45) is 10.7 Å². The number of anilines is 2. The van der Waals surface area contributed by atoms with Crippen molar-refractivity contribution in [3.63, 3.8) is 0 Å². The minimum atomic E-state index is 0.263. The molecule has 2 N–H and O–H groups in total. The number of hydrogen-bond acceptors (Lipinski definition) is 4. The number of fused-ring (bicyclic) bond motifs is 1. The number of nitrogens with two attached hydrogens (primary N) is 1. The van der Waals surface area contributed by atoms with E-state index in [4.69, 9.17) is 19.6 Å². The Morgan fingerprint density at radius 2 is 1.69 bits per heavy atom. The van der Waals surface area contributed by atoms with Crippen LogP contribution in [-0.4, -0.2) is 20.1 Å². The molecule has 3 aromatic carbocycles. The molecular formula is C23H21N3O3. The average molecular weight is 387 g/mol. The molecular weight excluding hydrogens is 366 g/mol. The molecule has 0 amide bonds. The molecule has 0 saturated carbocycles. The number of rotatable bonds is 5. The summed E-state index contributed by atoms with van der Waals surface area (Å²) < 4.78 is 17.6. The number of benzene rings is 3. The molecule has 0 atom stereocenters. The molecule has 6 heteroatoms. The monoisotopic (exact) mass is 387 g/mol. The van der Waals surface area contributed by atoms with Gasteiger partial charge in [-0.05, 0) is 30.3 Å². The standard InChI is InChI=1S/C23H21N3O3/c1-25-23(24)26(22-14-16-8-6-7-11-20(16)29-22)19-15-18(12-13-21(19)27-2)28-17-9-4-3-5-10-17/h3-15H,1-2H3,(H2,24,25). The van der Waals surface area contributed by atoms with Crippen molar-refractivity contribution < 1.29 is 13.9 Å². The maximum Gasteiger partial charge on any atom is 0.208 e. The Hall–Kier alpha value is -3.93. The average Bonchev–Trinajstić information content (AvgIpc) is 3.18. The minimum Gasteiger partial charge on any atom is -0.495 e. The molecule has 0 aliphatic rings. The summed E-state index contributed by atoms with van der Waals surface area (Å²) in [7, 11) is 3.23. The van der Waals surface area contributed by atoms with Crippen molar-refractivity contribution in [1.29, 1.82) is 0 Å². The van der Waals surface area contributed by atoms with Crippen LogP contribution in [0.2, 0.25) is 0 Å². The van der Waals surface area contributed by atoms with Crippen LogP contribution in [-0.2, 0) is 0 Å². The molecule has 1 aromatic heterocycles. The predicted molar refractivity (Wildman–Crippen MR) is 115 cm³/mol. The molecule has 0 spiro atoms. The van der Waals surface area contributed by atoms with Gasteiger partial charge in [-0.15, -0.1) is 0 Å². The number of ether oxygens (including phenoxy) is 2. The minimum absolute atomic E-state index is 0.263. The van der Waals surface area contributed by atoms with Crippen LogP contribution in [0, 0.1) is 0 Å². The van der Waals surface area contributed by atoms with E-state index in [1.807, 2.05) is 78.9 Å². The molecule has 1 heterocycles. The molecule has 0 saturated heterocycles. The zero-order valence-electron chi connectivity index (χ0n) is 16.2. The van der Waals surface area contributed by atoms with Crippen molar-refractivity contribution in [3.8, 4) is 17.2 Å². The molecule has 4 rings (SSSR count). The molecule has 0 bridgehead atoms. The van der Waals surface area contributed by atoms with Gasteiger partial charge in [-0.3, -0.25) is 4.99 Å². The maximum absolute atomic E-state index is 6.25. The number of hydrogen-bond donors (Lipinski definition) is 1. The van der Waals surface area contributed by atoms with Gasteiger partial charge in [-0.25, -0.2) is 4.90 Å². The molecule has 0 aliphatic carbocycles. The van der Waals surface area contributed by atoms with Gasteiger partial charge < -0.3 is 19.6 Å². The first-order valence-electron chi connectivity index (χ1n) is 9.11. The van der Waals surface area contributed by atoms with Crippen molar-refractivity contribution in [1.82, 2.24) is 0 Å². The van der Waals surface area contributed by atoms with Gasteiger partial charge in [0.1, 0.15) is 22.8 Å². The van der Waals surface area contributed by atoms with E-state index in [1.165, 1.54) is 0 Å². The largest absolute Gasteiger partial charge is 0.495 e. The number of para-hydroxylation sites is 2. The van der Waals surface area contributed by atoms with Crippen LogP contribution in [0.25, 0.3) is 11.0 Å². The number of aliphatic imine (C=N–C) groups is 1. The highest BCUT2D eigenvalue weighted by atomic mass is 16.5. The van der Waals surface area contributed by atoms with Gasteiger partial charge in [0, 0.05) is 24.6 Å². The molecule has 0 aliphatic heterocycles. The summed E-state index contributed by atoms with van der Waals surface area (Å²) in [6.45, 7) is 0. The first-order chi connectivity index (χ1) is 14.2. The Labute approximate surface area is 168 Å². The fourth-order valence-electron chi connectivity index (χ4n) is 3.07. The highest BCUT2D eigenvalue weighted by molar-refractivity contribution is 6.03. The normalized spacial score (nSPS) is 11.4. The first kappa shape index (κ1) is 18.4. The lowest BCUT2D eigenvalue weighted by Crippen LogP contribution is -2.33. The second-order valence-electron chi connectivity index (χ2n) is 6.29. The second kappa shape index (κ2) is 7.98. The van der Waals surface area contributed by atoms with E-state index < -0.39 is 0 Å². The summed E-state index contributed by atoms with van der Waals surface area (Å²) >= 11 is 0. The fourth-order valence-corrected chi connectivity index (χ4v) is 3.07. The van der Waals surface area contributed by atoms with E-state index >= 15 is 0 Å². The van der Waals surface area contributed by atoms with E-state index in [2.05, 4.69) is 4.99 Å². The van der Waals surface area contributed by atoms with Crippen LogP contribution in [0.5, 0.6) is 17.2 Å². The third-order valence-electron chi connectivity index (χ3n) is 4.46. The lowest BCUT2D eigenvalue weighted by molar-refractivity contribution is 0.413. The van der Waals surface area contributed by atoms with E-state index in [1.54, 1.807) is 19.1 Å². The molecule has 0 unspecified atom stereocenters. The van der Waals surface area contributed by atoms with Gasteiger partial charge >= 0.3 is 0 Å². The summed E-state index contributed by atoms with van der Waals surface area (Å²) in [6, 6.07) is 24.7. The van der Waals surface area contributed by atoms with Crippen LogP contribution in [0.15, 0.2) is 88.3 Å². The van der Waals surface area contributed by atoms with E-state index in [0.717, 1.165) is 16.7 Å². The van der Waals surface area contributed by atoms with Crippen LogP contribution >= 0.6 is 0 Å². The van der Waals surface area contributed by atoms with Crippen molar-refractivity contribution in [2.45, 2.75) is 0 Å². The number of nitrogens with zero attached hydrogens (tertiary/aromatic N) is 2. The van der Waals surface area contributed by atoms with E-state index in [9.17, 15) is 0 Å². The van der Waals surface area contributed by atoms with Crippen LogP contribution in [0.1, 0.15) is 0 Å². The number of methoxy groups -OCH3 is 1. The molecule has 29 heavy (non-hydrogen) atoms.